The van der Waals surface area contributed by atoms with Gasteiger partial charge in [-0.1, -0.05) is 25.1 Å². The Balaban J connectivity index is 3.03. The lowest BCUT2D eigenvalue weighted by Gasteiger charge is -2.23. The predicted octanol–water partition coefficient (Wildman–Crippen LogP) is 2.69. The molecule has 0 aliphatic carbocycles. The van der Waals surface area contributed by atoms with Crippen molar-refractivity contribution in [1.29, 1.82) is 0 Å². The van der Waals surface area contributed by atoms with Gasteiger partial charge < -0.3 is 15.6 Å². The lowest BCUT2D eigenvalue weighted by molar-refractivity contribution is -0.253. The molecular formula is C12H15F4NO2. The van der Waals surface area contributed by atoms with E-state index in [2.05, 4.69) is 4.74 Å². The van der Waals surface area contributed by atoms with Gasteiger partial charge in [0.2, 0.25) is 0 Å². The molecule has 3 N–H and O–H groups in total. The fraction of sp³-hybridized carbons (Fsp3) is 0.500. The summed E-state index contributed by atoms with van der Waals surface area (Å²) in [5, 5.41) is 9.60. The first-order valence-electron chi connectivity index (χ1n) is 5.67. The van der Waals surface area contributed by atoms with Gasteiger partial charge in [-0.05, 0) is 12.5 Å². The van der Waals surface area contributed by atoms with E-state index in [0.717, 1.165) is 6.07 Å². The topological polar surface area (TPSA) is 55.5 Å². The lowest BCUT2D eigenvalue weighted by Crippen LogP contribution is -2.34. The van der Waals surface area contributed by atoms with E-state index in [9.17, 15) is 22.7 Å². The molecule has 0 radical (unpaired) electrons. The molecule has 108 valence electrons. The van der Waals surface area contributed by atoms with Crippen LogP contribution in [0.5, 0.6) is 5.75 Å². The van der Waals surface area contributed by atoms with Crippen LogP contribution in [0.4, 0.5) is 17.6 Å². The van der Waals surface area contributed by atoms with E-state index in [-0.39, 0.29) is 5.56 Å². The number of halogens is 4. The van der Waals surface area contributed by atoms with Crippen LogP contribution in [0.1, 0.15) is 24.9 Å². The molecule has 0 spiro atoms. The molecular weight excluding hydrogens is 266 g/mol. The molecule has 7 heteroatoms. The fourth-order valence-corrected chi connectivity index (χ4v) is 1.50. The zero-order valence-corrected chi connectivity index (χ0v) is 10.2. The third-order valence-corrected chi connectivity index (χ3v) is 2.61. The molecule has 0 heterocycles. The number of aliphatic hydroxyl groups excluding tert-OH is 1. The zero-order chi connectivity index (χ0) is 14.6. The van der Waals surface area contributed by atoms with E-state index >= 15 is 0 Å². The highest BCUT2D eigenvalue weighted by atomic mass is 19.3. The highest BCUT2D eigenvalue weighted by Gasteiger charge is 2.44. The van der Waals surface area contributed by atoms with Crippen molar-refractivity contribution in [1.82, 2.24) is 0 Å². The van der Waals surface area contributed by atoms with Gasteiger partial charge in [-0.2, -0.15) is 17.6 Å². The maximum absolute atomic E-state index is 12.9. The lowest BCUT2D eigenvalue weighted by atomic mass is 10.00. The number of hydrogen-bond donors (Lipinski definition) is 2. The Kier molecular flexibility index (Phi) is 5.13. The van der Waals surface area contributed by atoms with Crippen molar-refractivity contribution < 1.29 is 27.4 Å². The molecule has 2 atom stereocenters. The zero-order valence-electron chi connectivity index (χ0n) is 10.2. The highest BCUT2D eigenvalue weighted by Crippen LogP contribution is 2.33. The molecule has 0 aliphatic rings. The van der Waals surface area contributed by atoms with Gasteiger partial charge in [0.25, 0.3) is 0 Å². The second kappa shape index (κ2) is 6.21. The average molecular weight is 281 g/mol. The molecule has 3 nitrogen and oxygen atoms in total. The third-order valence-electron chi connectivity index (χ3n) is 2.61. The summed E-state index contributed by atoms with van der Waals surface area (Å²) in [6.07, 6.45) is -9.24. The average Bonchev–Trinajstić information content (AvgIpc) is 2.37. The molecule has 0 saturated heterocycles. The van der Waals surface area contributed by atoms with Gasteiger partial charge in [0.1, 0.15) is 5.75 Å². The molecule has 1 rings (SSSR count). The Morgan fingerprint density at radius 3 is 2.42 bits per heavy atom. The van der Waals surface area contributed by atoms with Crippen LogP contribution in [0, 0.1) is 0 Å². The van der Waals surface area contributed by atoms with Crippen LogP contribution >= 0.6 is 0 Å². The Morgan fingerprint density at radius 1 is 1.32 bits per heavy atom. The van der Waals surface area contributed by atoms with Crippen molar-refractivity contribution in [3.05, 3.63) is 29.8 Å². The number of para-hydroxylation sites is 1. The standard InChI is InChI=1S/C12H15F4NO2/c1-2-8(18)10(17)7-5-3-4-6-9(7)19-12(15,16)11(13)14/h3-6,8,10-11,18H,2,17H2,1H3/t8-,10+/m0/s1. The first kappa shape index (κ1) is 15.7. The molecule has 0 aromatic heterocycles. The van der Waals surface area contributed by atoms with Gasteiger partial charge in [0.15, 0.2) is 0 Å². The van der Waals surface area contributed by atoms with Gasteiger partial charge in [-0.3, -0.25) is 0 Å². The summed E-state index contributed by atoms with van der Waals surface area (Å²) in [6, 6.07) is 4.31. The second-order valence-corrected chi connectivity index (χ2v) is 4.00. The van der Waals surface area contributed by atoms with Gasteiger partial charge in [0.05, 0.1) is 12.1 Å². The molecule has 1 aromatic carbocycles. The summed E-state index contributed by atoms with van der Waals surface area (Å²) >= 11 is 0. The highest BCUT2D eigenvalue weighted by molar-refractivity contribution is 5.36. The number of alkyl halides is 4. The maximum atomic E-state index is 12.9. The quantitative estimate of drug-likeness (QED) is 0.788. The summed E-state index contributed by atoms with van der Waals surface area (Å²) in [7, 11) is 0. The molecule has 0 bridgehead atoms. The van der Waals surface area contributed by atoms with Crippen molar-refractivity contribution in [2.75, 3.05) is 0 Å². The Morgan fingerprint density at radius 2 is 1.89 bits per heavy atom. The Hall–Kier alpha value is -1.34. The molecule has 0 fully saturated rings. The SMILES string of the molecule is CC[C@H](O)[C@H](N)c1ccccc1OC(F)(F)C(F)F. The van der Waals surface area contributed by atoms with Crippen LogP contribution in [-0.2, 0) is 0 Å². The van der Waals surface area contributed by atoms with Gasteiger partial charge >= 0.3 is 12.5 Å². The van der Waals surface area contributed by atoms with Gasteiger partial charge in [0, 0.05) is 5.56 Å². The number of aliphatic hydroxyl groups is 1. The number of hydrogen-bond acceptors (Lipinski definition) is 3. The Labute approximate surface area is 108 Å². The van der Waals surface area contributed by atoms with Crippen LogP contribution in [0.25, 0.3) is 0 Å². The van der Waals surface area contributed by atoms with Crippen LogP contribution in [-0.4, -0.2) is 23.7 Å². The van der Waals surface area contributed by atoms with Gasteiger partial charge in [-0.15, -0.1) is 0 Å². The minimum Gasteiger partial charge on any atom is -0.428 e. The van der Waals surface area contributed by atoms with Crippen molar-refractivity contribution in [3.8, 4) is 5.75 Å². The maximum Gasteiger partial charge on any atom is 0.461 e. The van der Waals surface area contributed by atoms with Crippen molar-refractivity contribution >= 4 is 0 Å². The minimum atomic E-state index is -4.60. The predicted molar refractivity (Wildman–Crippen MR) is 61.2 cm³/mol. The van der Waals surface area contributed by atoms with E-state index < -0.39 is 30.4 Å². The van der Waals surface area contributed by atoms with Crippen molar-refractivity contribution in [2.45, 2.75) is 38.0 Å². The van der Waals surface area contributed by atoms with E-state index in [1.165, 1.54) is 18.2 Å². The summed E-state index contributed by atoms with van der Waals surface area (Å²) in [5.74, 6) is -0.465. The molecule has 0 unspecified atom stereocenters. The summed E-state index contributed by atoms with van der Waals surface area (Å²) < 4.78 is 54.0. The van der Waals surface area contributed by atoms with E-state index in [1.54, 1.807) is 6.92 Å². The molecule has 0 aliphatic heterocycles. The summed E-state index contributed by atoms with van der Waals surface area (Å²) in [5.41, 5.74) is 5.74. The van der Waals surface area contributed by atoms with E-state index in [1.807, 2.05) is 0 Å². The van der Waals surface area contributed by atoms with Crippen LogP contribution in [0.3, 0.4) is 0 Å². The third kappa shape index (κ3) is 3.81. The van der Waals surface area contributed by atoms with E-state index in [4.69, 9.17) is 5.73 Å². The Bertz CT molecular complexity index is 414. The van der Waals surface area contributed by atoms with E-state index in [0.29, 0.717) is 6.42 Å². The molecule has 19 heavy (non-hydrogen) atoms. The normalized spacial score (nSPS) is 15.4. The number of rotatable bonds is 6. The summed E-state index contributed by atoms with van der Waals surface area (Å²) in [4.78, 5) is 0. The van der Waals surface area contributed by atoms with Crippen LogP contribution in [0.15, 0.2) is 24.3 Å². The number of nitrogens with two attached hydrogens (primary N) is 1. The number of ether oxygens (including phenoxy) is 1. The fourth-order valence-electron chi connectivity index (χ4n) is 1.50. The molecule has 0 saturated carbocycles. The monoisotopic (exact) mass is 281 g/mol. The largest absolute Gasteiger partial charge is 0.461 e. The van der Waals surface area contributed by atoms with Crippen molar-refractivity contribution in [3.63, 3.8) is 0 Å². The first-order valence-corrected chi connectivity index (χ1v) is 5.67. The first-order chi connectivity index (χ1) is 8.79. The molecule has 0 amide bonds. The van der Waals surface area contributed by atoms with Gasteiger partial charge in [-0.25, -0.2) is 0 Å². The summed E-state index contributed by atoms with van der Waals surface area (Å²) in [6.45, 7) is 1.65. The minimum absolute atomic E-state index is 0.0529. The molecule has 1 aromatic rings. The van der Waals surface area contributed by atoms with Crippen molar-refractivity contribution in [2.24, 2.45) is 5.73 Å². The second-order valence-electron chi connectivity index (χ2n) is 4.00. The number of benzene rings is 1. The van der Waals surface area contributed by atoms with Crippen LogP contribution < -0.4 is 10.5 Å². The smallest absolute Gasteiger partial charge is 0.428 e. The van der Waals surface area contributed by atoms with Crippen LogP contribution in [0.2, 0.25) is 0 Å².